The van der Waals surface area contributed by atoms with Gasteiger partial charge in [-0.3, -0.25) is 4.98 Å². The molecule has 0 unspecified atom stereocenters. The SMILES string of the molecule is Oc1ccc(CNc2c(F)cc(F)cc2Br)nc1. The Morgan fingerprint density at radius 3 is 2.67 bits per heavy atom. The van der Waals surface area contributed by atoms with E-state index in [1.165, 1.54) is 18.3 Å². The fourth-order valence-electron chi connectivity index (χ4n) is 1.41. The minimum atomic E-state index is -0.680. The van der Waals surface area contributed by atoms with Crippen molar-refractivity contribution in [3.05, 3.63) is 52.3 Å². The van der Waals surface area contributed by atoms with Gasteiger partial charge in [-0.1, -0.05) is 0 Å². The van der Waals surface area contributed by atoms with Gasteiger partial charge in [0.2, 0.25) is 0 Å². The molecule has 0 aliphatic heterocycles. The lowest BCUT2D eigenvalue weighted by Gasteiger charge is -2.09. The Kier molecular flexibility index (Phi) is 3.76. The molecule has 94 valence electrons. The van der Waals surface area contributed by atoms with Gasteiger partial charge in [0.05, 0.1) is 24.1 Å². The molecule has 0 atom stereocenters. The van der Waals surface area contributed by atoms with E-state index in [9.17, 15) is 8.78 Å². The van der Waals surface area contributed by atoms with E-state index in [0.29, 0.717) is 10.2 Å². The molecule has 0 aliphatic carbocycles. The van der Waals surface area contributed by atoms with E-state index in [4.69, 9.17) is 5.11 Å². The van der Waals surface area contributed by atoms with Crippen LogP contribution >= 0.6 is 15.9 Å². The van der Waals surface area contributed by atoms with Crippen molar-refractivity contribution in [3.8, 4) is 5.75 Å². The lowest BCUT2D eigenvalue weighted by atomic mass is 10.2. The highest BCUT2D eigenvalue weighted by Crippen LogP contribution is 2.27. The highest BCUT2D eigenvalue weighted by atomic mass is 79.9. The van der Waals surface area contributed by atoms with Crippen LogP contribution in [-0.4, -0.2) is 10.1 Å². The average Bonchev–Trinajstić information content (AvgIpc) is 2.30. The minimum Gasteiger partial charge on any atom is -0.506 e. The van der Waals surface area contributed by atoms with Crippen molar-refractivity contribution < 1.29 is 13.9 Å². The van der Waals surface area contributed by atoms with Crippen LogP contribution in [-0.2, 0) is 6.54 Å². The Morgan fingerprint density at radius 2 is 2.06 bits per heavy atom. The number of aromatic nitrogens is 1. The van der Waals surface area contributed by atoms with Crippen LogP contribution in [0.5, 0.6) is 5.75 Å². The maximum atomic E-state index is 13.5. The largest absolute Gasteiger partial charge is 0.506 e. The predicted octanol–water partition coefficient (Wildman–Crippen LogP) is 3.44. The normalized spacial score (nSPS) is 10.4. The summed E-state index contributed by atoms with van der Waals surface area (Å²) >= 11 is 3.08. The number of anilines is 1. The van der Waals surface area contributed by atoms with Gasteiger partial charge in [-0.2, -0.15) is 0 Å². The summed E-state index contributed by atoms with van der Waals surface area (Å²) in [5.41, 5.74) is 0.801. The average molecular weight is 315 g/mol. The fraction of sp³-hybridized carbons (Fsp3) is 0.0833. The summed E-state index contributed by atoms with van der Waals surface area (Å²) < 4.78 is 26.7. The first-order valence-corrected chi connectivity index (χ1v) is 5.88. The van der Waals surface area contributed by atoms with E-state index < -0.39 is 11.6 Å². The molecule has 0 radical (unpaired) electrons. The quantitative estimate of drug-likeness (QED) is 0.912. The third kappa shape index (κ3) is 2.95. The van der Waals surface area contributed by atoms with E-state index in [1.54, 1.807) is 6.07 Å². The number of halogens is 3. The standard InChI is InChI=1S/C12H9BrF2N2O/c13-10-3-7(14)4-11(15)12(10)17-5-8-1-2-9(18)6-16-8/h1-4,6,17-18H,5H2. The Labute approximate surface area is 111 Å². The molecule has 0 saturated carbocycles. The Morgan fingerprint density at radius 1 is 1.28 bits per heavy atom. The van der Waals surface area contributed by atoms with E-state index in [1.807, 2.05) is 0 Å². The zero-order chi connectivity index (χ0) is 13.1. The van der Waals surface area contributed by atoms with Crippen LogP contribution in [0.4, 0.5) is 14.5 Å². The molecule has 3 nitrogen and oxygen atoms in total. The van der Waals surface area contributed by atoms with Gasteiger partial charge in [0.1, 0.15) is 17.4 Å². The predicted molar refractivity (Wildman–Crippen MR) is 67.3 cm³/mol. The number of hydrogen-bond donors (Lipinski definition) is 2. The summed E-state index contributed by atoms with van der Waals surface area (Å²) in [6.07, 6.45) is 1.30. The van der Waals surface area contributed by atoms with Crippen LogP contribution in [0.25, 0.3) is 0 Å². The van der Waals surface area contributed by atoms with Crippen molar-refractivity contribution >= 4 is 21.6 Å². The monoisotopic (exact) mass is 314 g/mol. The summed E-state index contributed by atoms with van der Waals surface area (Å²) in [6.45, 7) is 0.265. The molecule has 0 amide bonds. The Hall–Kier alpha value is -1.69. The number of pyridine rings is 1. The van der Waals surface area contributed by atoms with Crippen molar-refractivity contribution in [3.63, 3.8) is 0 Å². The summed E-state index contributed by atoms with van der Waals surface area (Å²) in [5.74, 6) is -1.26. The van der Waals surface area contributed by atoms with Gasteiger partial charge >= 0.3 is 0 Å². The first-order chi connectivity index (χ1) is 8.56. The maximum Gasteiger partial charge on any atom is 0.150 e. The molecule has 6 heteroatoms. The van der Waals surface area contributed by atoms with Crippen LogP contribution in [0.2, 0.25) is 0 Å². The molecule has 0 bridgehead atoms. The van der Waals surface area contributed by atoms with Gasteiger partial charge < -0.3 is 10.4 Å². The molecule has 1 heterocycles. The van der Waals surface area contributed by atoms with Gasteiger partial charge in [0.15, 0.2) is 0 Å². The van der Waals surface area contributed by atoms with Gasteiger partial charge in [-0.15, -0.1) is 0 Å². The van der Waals surface area contributed by atoms with Crippen molar-refractivity contribution in [2.24, 2.45) is 0 Å². The van der Waals surface area contributed by atoms with E-state index >= 15 is 0 Å². The molecular weight excluding hydrogens is 306 g/mol. The Bertz CT molecular complexity index is 537. The fourth-order valence-corrected chi connectivity index (χ4v) is 1.96. The van der Waals surface area contributed by atoms with Crippen molar-refractivity contribution in [2.45, 2.75) is 6.54 Å². The summed E-state index contributed by atoms with van der Waals surface area (Å²) in [6, 6.07) is 5.07. The lowest BCUT2D eigenvalue weighted by molar-refractivity contribution is 0.472. The van der Waals surface area contributed by atoms with Crippen molar-refractivity contribution in [1.29, 1.82) is 0 Å². The van der Waals surface area contributed by atoms with Crippen LogP contribution in [0.15, 0.2) is 34.9 Å². The Balaban J connectivity index is 2.13. The van der Waals surface area contributed by atoms with E-state index in [-0.39, 0.29) is 18.0 Å². The minimum absolute atomic E-state index is 0.0629. The third-order valence-electron chi connectivity index (χ3n) is 2.26. The van der Waals surface area contributed by atoms with Crippen LogP contribution in [0, 0.1) is 11.6 Å². The zero-order valence-electron chi connectivity index (χ0n) is 9.12. The number of aromatic hydroxyl groups is 1. The number of hydrogen-bond acceptors (Lipinski definition) is 3. The van der Waals surface area contributed by atoms with Gasteiger partial charge in [0, 0.05) is 10.5 Å². The first-order valence-electron chi connectivity index (χ1n) is 5.08. The summed E-state index contributed by atoms with van der Waals surface area (Å²) in [4.78, 5) is 3.95. The molecule has 2 N–H and O–H groups in total. The second-order valence-electron chi connectivity index (χ2n) is 3.61. The molecule has 2 aromatic rings. The van der Waals surface area contributed by atoms with Crippen LogP contribution in [0.3, 0.4) is 0 Å². The number of nitrogens with one attached hydrogen (secondary N) is 1. The van der Waals surface area contributed by atoms with Crippen molar-refractivity contribution in [1.82, 2.24) is 4.98 Å². The number of benzene rings is 1. The summed E-state index contributed by atoms with van der Waals surface area (Å²) in [7, 11) is 0. The third-order valence-corrected chi connectivity index (χ3v) is 2.89. The number of rotatable bonds is 3. The van der Waals surface area contributed by atoms with Gasteiger partial charge in [-0.05, 0) is 34.1 Å². The lowest BCUT2D eigenvalue weighted by Crippen LogP contribution is -2.04. The topological polar surface area (TPSA) is 45.1 Å². The van der Waals surface area contributed by atoms with Gasteiger partial charge in [-0.25, -0.2) is 8.78 Å². The maximum absolute atomic E-state index is 13.5. The van der Waals surface area contributed by atoms with E-state index in [0.717, 1.165) is 6.07 Å². The molecule has 0 spiro atoms. The van der Waals surface area contributed by atoms with Crippen LogP contribution in [0.1, 0.15) is 5.69 Å². The van der Waals surface area contributed by atoms with Crippen LogP contribution < -0.4 is 5.32 Å². The molecule has 18 heavy (non-hydrogen) atoms. The summed E-state index contributed by atoms with van der Waals surface area (Å²) in [5, 5.41) is 11.9. The van der Waals surface area contributed by atoms with Crippen molar-refractivity contribution in [2.75, 3.05) is 5.32 Å². The molecule has 0 fully saturated rings. The zero-order valence-corrected chi connectivity index (χ0v) is 10.7. The number of nitrogens with zero attached hydrogens (tertiary/aromatic N) is 1. The molecule has 2 rings (SSSR count). The molecule has 1 aromatic carbocycles. The second kappa shape index (κ2) is 5.30. The van der Waals surface area contributed by atoms with Gasteiger partial charge in [0.25, 0.3) is 0 Å². The second-order valence-corrected chi connectivity index (χ2v) is 4.46. The highest BCUT2D eigenvalue weighted by Gasteiger charge is 2.09. The molecular formula is C12H9BrF2N2O. The molecule has 0 saturated heterocycles. The smallest absolute Gasteiger partial charge is 0.150 e. The molecule has 0 aliphatic rings. The molecule has 1 aromatic heterocycles. The first kappa shape index (κ1) is 12.8. The highest BCUT2D eigenvalue weighted by molar-refractivity contribution is 9.10. The van der Waals surface area contributed by atoms with E-state index in [2.05, 4.69) is 26.2 Å².